The second-order valence-electron chi connectivity index (χ2n) is 3.56. The SMILES string of the molecule is COc1cc2c(cc1F)[nH]c1cccnc12. The molecule has 0 aliphatic carbocycles. The Labute approximate surface area is 90.9 Å². The monoisotopic (exact) mass is 216 g/mol. The van der Waals surface area contributed by atoms with Gasteiger partial charge in [-0.15, -0.1) is 0 Å². The lowest BCUT2D eigenvalue weighted by molar-refractivity contribution is 0.387. The fraction of sp³-hybridized carbons (Fsp3) is 0.0833. The van der Waals surface area contributed by atoms with Crippen LogP contribution in [0.15, 0.2) is 30.5 Å². The molecule has 2 heterocycles. The Kier molecular flexibility index (Phi) is 1.83. The minimum atomic E-state index is -0.374. The summed E-state index contributed by atoms with van der Waals surface area (Å²) < 4.78 is 18.4. The Morgan fingerprint density at radius 2 is 2.19 bits per heavy atom. The number of nitrogens with zero attached hydrogens (tertiary/aromatic N) is 1. The molecule has 1 aromatic carbocycles. The minimum Gasteiger partial charge on any atom is -0.494 e. The van der Waals surface area contributed by atoms with Crippen LogP contribution in [-0.4, -0.2) is 17.1 Å². The molecule has 2 aromatic heterocycles. The van der Waals surface area contributed by atoms with Gasteiger partial charge in [-0.3, -0.25) is 4.98 Å². The van der Waals surface area contributed by atoms with Crippen LogP contribution in [-0.2, 0) is 0 Å². The number of hydrogen-bond donors (Lipinski definition) is 1. The molecule has 3 nitrogen and oxygen atoms in total. The first-order chi connectivity index (χ1) is 7.79. The van der Waals surface area contributed by atoms with E-state index in [4.69, 9.17) is 4.74 Å². The van der Waals surface area contributed by atoms with Crippen LogP contribution in [0.2, 0.25) is 0 Å². The third-order valence-corrected chi connectivity index (χ3v) is 2.62. The molecule has 0 saturated carbocycles. The number of pyridine rings is 1. The van der Waals surface area contributed by atoms with Gasteiger partial charge in [-0.1, -0.05) is 0 Å². The van der Waals surface area contributed by atoms with E-state index in [-0.39, 0.29) is 11.6 Å². The molecule has 0 radical (unpaired) electrons. The summed E-state index contributed by atoms with van der Waals surface area (Å²) in [5.74, 6) is -0.138. The van der Waals surface area contributed by atoms with Gasteiger partial charge in [0, 0.05) is 17.6 Å². The van der Waals surface area contributed by atoms with Crippen molar-refractivity contribution < 1.29 is 9.13 Å². The molecule has 0 saturated heterocycles. The zero-order chi connectivity index (χ0) is 11.1. The molecule has 0 unspecified atom stereocenters. The second-order valence-corrected chi connectivity index (χ2v) is 3.56. The number of rotatable bonds is 1. The van der Waals surface area contributed by atoms with Crippen LogP contribution in [0.4, 0.5) is 4.39 Å². The molecule has 4 heteroatoms. The van der Waals surface area contributed by atoms with E-state index in [1.165, 1.54) is 13.2 Å². The summed E-state index contributed by atoms with van der Waals surface area (Å²) in [5, 5.41) is 0.869. The molecular formula is C12H9FN2O. The summed E-state index contributed by atoms with van der Waals surface area (Å²) in [6.07, 6.45) is 1.71. The summed E-state index contributed by atoms with van der Waals surface area (Å²) in [4.78, 5) is 7.38. The Morgan fingerprint density at radius 1 is 1.31 bits per heavy atom. The van der Waals surface area contributed by atoms with Crippen molar-refractivity contribution in [3.05, 3.63) is 36.3 Å². The number of aromatic amines is 1. The quantitative estimate of drug-likeness (QED) is 0.679. The van der Waals surface area contributed by atoms with Crippen LogP contribution in [0.5, 0.6) is 5.75 Å². The standard InChI is InChI=1S/C12H9FN2O/c1-16-11-5-7-10(6-8(11)13)15-9-3-2-4-14-12(7)9/h2-6,15H,1H3. The number of ether oxygens (including phenoxy) is 1. The largest absolute Gasteiger partial charge is 0.494 e. The Bertz CT molecular complexity index is 675. The number of halogens is 1. The molecule has 0 spiro atoms. The van der Waals surface area contributed by atoms with Crippen LogP contribution in [0.1, 0.15) is 0 Å². The van der Waals surface area contributed by atoms with Crippen LogP contribution in [0, 0.1) is 5.82 Å². The average molecular weight is 216 g/mol. The number of benzene rings is 1. The van der Waals surface area contributed by atoms with Gasteiger partial charge < -0.3 is 9.72 Å². The van der Waals surface area contributed by atoms with E-state index in [9.17, 15) is 4.39 Å². The number of methoxy groups -OCH3 is 1. The maximum atomic E-state index is 13.5. The first-order valence-electron chi connectivity index (χ1n) is 4.89. The topological polar surface area (TPSA) is 37.9 Å². The van der Waals surface area contributed by atoms with Gasteiger partial charge in [0.25, 0.3) is 0 Å². The Morgan fingerprint density at radius 3 is 3.00 bits per heavy atom. The zero-order valence-corrected chi connectivity index (χ0v) is 8.62. The maximum Gasteiger partial charge on any atom is 0.167 e. The van der Waals surface area contributed by atoms with Gasteiger partial charge in [0.1, 0.15) is 0 Å². The highest BCUT2D eigenvalue weighted by atomic mass is 19.1. The smallest absolute Gasteiger partial charge is 0.167 e. The van der Waals surface area contributed by atoms with Crippen molar-refractivity contribution in [1.29, 1.82) is 0 Å². The summed E-state index contributed by atoms with van der Waals surface area (Å²) in [7, 11) is 1.45. The Hall–Kier alpha value is -2.10. The average Bonchev–Trinajstić information content (AvgIpc) is 2.65. The lowest BCUT2D eigenvalue weighted by Crippen LogP contribution is -1.87. The Balaban J connectivity index is 2.47. The fourth-order valence-electron chi connectivity index (χ4n) is 1.88. The number of aromatic nitrogens is 2. The fourth-order valence-corrected chi connectivity index (χ4v) is 1.88. The number of hydrogen-bond acceptors (Lipinski definition) is 2. The zero-order valence-electron chi connectivity index (χ0n) is 8.62. The van der Waals surface area contributed by atoms with Crippen molar-refractivity contribution in [3.8, 4) is 5.75 Å². The highest BCUT2D eigenvalue weighted by Gasteiger charge is 2.10. The molecular weight excluding hydrogens is 207 g/mol. The molecule has 0 aliphatic heterocycles. The van der Waals surface area contributed by atoms with Crippen LogP contribution in [0.25, 0.3) is 21.9 Å². The van der Waals surface area contributed by atoms with E-state index in [1.807, 2.05) is 12.1 Å². The van der Waals surface area contributed by atoms with Gasteiger partial charge >= 0.3 is 0 Å². The van der Waals surface area contributed by atoms with E-state index in [0.29, 0.717) is 0 Å². The van der Waals surface area contributed by atoms with Gasteiger partial charge in [0.05, 0.1) is 23.7 Å². The van der Waals surface area contributed by atoms with Gasteiger partial charge in [-0.25, -0.2) is 4.39 Å². The van der Waals surface area contributed by atoms with Crippen LogP contribution >= 0.6 is 0 Å². The van der Waals surface area contributed by atoms with Gasteiger partial charge in [0.15, 0.2) is 11.6 Å². The normalized spacial score (nSPS) is 11.1. The minimum absolute atomic E-state index is 0.235. The predicted octanol–water partition coefficient (Wildman–Crippen LogP) is 2.86. The highest BCUT2D eigenvalue weighted by molar-refractivity contribution is 6.05. The lowest BCUT2D eigenvalue weighted by Gasteiger charge is -2.00. The van der Waals surface area contributed by atoms with Crippen molar-refractivity contribution in [3.63, 3.8) is 0 Å². The van der Waals surface area contributed by atoms with Crippen molar-refractivity contribution >= 4 is 21.9 Å². The molecule has 3 aromatic rings. The first-order valence-corrected chi connectivity index (χ1v) is 4.89. The summed E-state index contributed by atoms with van der Waals surface area (Å²) >= 11 is 0. The molecule has 3 rings (SSSR count). The molecule has 0 amide bonds. The van der Waals surface area contributed by atoms with Crippen molar-refractivity contribution in [2.45, 2.75) is 0 Å². The van der Waals surface area contributed by atoms with E-state index in [0.717, 1.165) is 21.9 Å². The predicted molar refractivity (Wildman–Crippen MR) is 60.1 cm³/mol. The van der Waals surface area contributed by atoms with Gasteiger partial charge in [0.2, 0.25) is 0 Å². The molecule has 80 valence electrons. The van der Waals surface area contributed by atoms with Crippen LogP contribution < -0.4 is 4.74 Å². The van der Waals surface area contributed by atoms with Crippen LogP contribution in [0.3, 0.4) is 0 Å². The number of nitrogens with one attached hydrogen (secondary N) is 1. The molecule has 16 heavy (non-hydrogen) atoms. The number of fused-ring (bicyclic) bond motifs is 3. The molecule has 0 bridgehead atoms. The van der Waals surface area contributed by atoms with Gasteiger partial charge in [-0.05, 0) is 18.2 Å². The summed E-state index contributed by atoms with van der Waals surface area (Å²) in [5.41, 5.74) is 2.45. The van der Waals surface area contributed by atoms with Crippen molar-refractivity contribution in [1.82, 2.24) is 9.97 Å². The lowest BCUT2D eigenvalue weighted by atomic mass is 10.2. The van der Waals surface area contributed by atoms with E-state index in [1.54, 1.807) is 12.3 Å². The third-order valence-electron chi connectivity index (χ3n) is 2.62. The van der Waals surface area contributed by atoms with Crippen molar-refractivity contribution in [2.24, 2.45) is 0 Å². The first kappa shape index (κ1) is 9.15. The molecule has 1 N–H and O–H groups in total. The van der Waals surface area contributed by atoms with Gasteiger partial charge in [-0.2, -0.15) is 0 Å². The van der Waals surface area contributed by atoms with E-state index in [2.05, 4.69) is 9.97 Å². The van der Waals surface area contributed by atoms with Crippen molar-refractivity contribution in [2.75, 3.05) is 7.11 Å². The second kappa shape index (κ2) is 3.20. The van der Waals surface area contributed by atoms with E-state index < -0.39 is 0 Å². The molecule has 0 atom stereocenters. The maximum absolute atomic E-state index is 13.5. The third kappa shape index (κ3) is 1.16. The molecule has 0 aliphatic rings. The summed E-state index contributed by atoms with van der Waals surface area (Å²) in [6.45, 7) is 0. The van der Waals surface area contributed by atoms with E-state index >= 15 is 0 Å². The highest BCUT2D eigenvalue weighted by Crippen LogP contribution is 2.29. The molecule has 0 fully saturated rings. The number of H-pyrrole nitrogens is 1. The summed E-state index contributed by atoms with van der Waals surface area (Å²) in [6, 6.07) is 6.84.